The van der Waals surface area contributed by atoms with Gasteiger partial charge in [0, 0.05) is 0 Å². The monoisotopic (exact) mass is 225 g/mol. The van der Waals surface area contributed by atoms with E-state index >= 15 is 0 Å². The largest absolute Gasteiger partial charge is 0.491 e. The summed E-state index contributed by atoms with van der Waals surface area (Å²) in [7, 11) is 1.51. The maximum Gasteiger partial charge on any atom is 0.122 e. The van der Waals surface area contributed by atoms with E-state index in [1.807, 2.05) is 32.0 Å². The minimum Gasteiger partial charge on any atom is -0.491 e. The molecule has 0 amide bonds. The van der Waals surface area contributed by atoms with Crippen LogP contribution in [0.1, 0.15) is 11.1 Å². The molecule has 1 aromatic carbocycles. The molecule has 0 aliphatic heterocycles. The molecule has 1 atom stereocenters. The summed E-state index contributed by atoms with van der Waals surface area (Å²) in [6.07, 6.45) is -0.583. The van der Waals surface area contributed by atoms with E-state index < -0.39 is 6.10 Å². The van der Waals surface area contributed by atoms with Gasteiger partial charge in [0.25, 0.3) is 0 Å². The van der Waals surface area contributed by atoms with Crippen molar-refractivity contribution in [1.29, 1.82) is 0 Å². The molecule has 0 aromatic heterocycles. The first-order chi connectivity index (χ1) is 7.63. The summed E-state index contributed by atoms with van der Waals surface area (Å²) in [5.74, 6) is 0.816. The van der Waals surface area contributed by atoms with Gasteiger partial charge in [-0.1, -0.05) is 12.1 Å². The van der Waals surface area contributed by atoms with Crippen molar-refractivity contribution in [2.45, 2.75) is 20.0 Å². The fourth-order valence-electron chi connectivity index (χ4n) is 1.29. The molecule has 2 N–H and O–H groups in total. The summed E-state index contributed by atoms with van der Waals surface area (Å²) < 4.78 is 5.53. The third-order valence-electron chi connectivity index (χ3n) is 2.24. The van der Waals surface area contributed by atoms with Crippen LogP contribution in [0.2, 0.25) is 0 Å². The third kappa shape index (κ3) is 4.18. The molecule has 4 heteroatoms. The molecule has 0 saturated heterocycles. The molecule has 0 spiro atoms. The van der Waals surface area contributed by atoms with E-state index in [4.69, 9.17) is 4.74 Å². The summed E-state index contributed by atoms with van der Waals surface area (Å²) in [5, 5.41) is 9.53. The van der Waals surface area contributed by atoms with Crippen molar-refractivity contribution < 1.29 is 14.7 Å². The highest BCUT2D eigenvalue weighted by atomic mass is 16.6. The van der Waals surface area contributed by atoms with Gasteiger partial charge in [-0.3, -0.25) is 0 Å². The second-order valence-corrected chi connectivity index (χ2v) is 3.79. The van der Waals surface area contributed by atoms with Gasteiger partial charge in [0.05, 0.1) is 13.7 Å². The van der Waals surface area contributed by atoms with Crippen LogP contribution in [0.3, 0.4) is 0 Å². The predicted octanol–water partition coefficient (Wildman–Crippen LogP) is 1.19. The van der Waals surface area contributed by atoms with Gasteiger partial charge in [-0.25, -0.2) is 5.48 Å². The van der Waals surface area contributed by atoms with Crippen LogP contribution in [0.5, 0.6) is 5.75 Å². The molecule has 90 valence electrons. The topological polar surface area (TPSA) is 50.7 Å². The average molecular weight is 225 g/mol. The molecular weight excluding hydrogens is 206 g/mol. The molecule has 0 aliphatic rings. The summed E-state index contributed by atoms with van der Waals surface area (Å²) in [6, 6.07) is 6.00. The van der Waals surface area contributed by atoms with Crippen LogP contribution in [-0.4, -0.2) is 31.5 Å². The first-order valence-electron chi connectivity index (χ1n) is 5.27. The van der Waals surface area contributed by atoms with Crippen LogP contribution < -0.4 is 10.2 Å². The van der Waals surface area contributed by atoms with Crippen molar-refractivity contribution in [2.24, 2.45) is 0 Å². The highest BCUT2D eigenvalue weighted by Gasteiger charge is 2.06. The fraction of sp³-hybridized carbons (Fsp3) is 0.500. The lowest BCUT2D eigenvalue weighted by molar-refractivity contribution is 0.0321. The van der Waals surface area contributed by atoms with Gasteiger partial charge >= 0.3 is 0 Å². The van der Waals surface area contributed by atoms with E-state index in [0.717, 1.165) is 16.9 Å². The predicted molar refractivity (Wildman–Crippen MR) is 62.4 cm³/mol. The molecule has 4 nitrogen and oxygen atoms in total. The summed E-state index contributed by atoms with van der Waals surface area (Å²) >= 11 is 0. The van der Waals surface area contributed by atoms with Crippen LogP contribution in [0.25, 0.3) is 0 Å². The van der Waals surface area contributed by atoms with Crippen molar-refractivity contribution in [1.82, 2.24) is 5.48 Å². The Bertz CT molecular complexity index is 328. The molecule has 1 rings (SSSR count). The molecule has 16 heavy (non-hydrogen) atoms. The zero-order valence-electron chi connectivity index (χ0n) is 9.99. The molecule has 0 aliphatic carbocycles. The zero-order chi connectivity index (χ0) is 12.0. The Balaban J connectivity index is 2.44. The van der Waals surface area contributed by atoms with E-state index in [9.17, 15) is 5.11 Å². The Hall–Kier alpha value is -1.10. The van der Waals surface area contributed by atoms with Crippen LogP contribution >= 0.6 is 0 Å². The number of nitrogens with one attached hydrogen (secondary N) is 1. The molecule has 1 unspecified atom stereocenters. The minimum atomic E-state index is -0.583. The average Bonchev–Trinajstić information content (AvgIpc) is 2.27. The third-order valence-corrected chi connectivity index (χ3v) is 2.24. The number of aryl methyl sites for hydroxylation is 2. The molecule has 0 fully saturated rings. The van der Waals surface area contributed by atoms with Gasteiger partial charge < -0.3 is 14.7 Å². The van der Waals surface area contributed by atoms with Crippen molar-refractivity contribution in [3.05, 3.63) is 29.3 Å². The Morgan fingerprint density at radius 2 is 2.12 bits per heavy atom. The lowest BCUT2D eigenvalue weighted by Crippen LogP contribution is -2.30. The Labute approximate surface area is 96.1 Å². The van der Waals surface area contributed by atoms with Gasteiger partial charge in [0.15, 0.2) is 0 Å². The lowest BCUT2D eigenvalue weighted by atomic mass is 10.1. The normalized spacial score (nSPS) is 12.5. The van der Waals surface area contributed by atoms with Crippen LogP contribution in [-0.2, 0) is 4.84 Å². The summed E-state index contributed by atoms with van der Waals surface area (Å²) in [4.78, 5) is 4.64. The van der Waals surface area contributed by atoms with Gasteiger partial charge in [0.1, 0.15) is 18.5 Å². The van der Waals surface area contributed by atoms with E-state index in [1.165, 1.54) is 7.11 Å². The highest BCUT2D eigenvalue weighted by Crippen LogP contribution is 2.19. The number of benzene rings is 1. The molecule has 1 aromatic rings. The van der Waals surface area contributed by atoms with Crippen molar-refractivity contribution in [3.63, 3.8) is 0 Å². The number of aliphatic hydroxyl groups excluding tert-OH is 1. The highest BCUT2D eigenvalue weighted by molar-refractivity contribution is 5.35. The lowest BCUT2D eigenvalue weighted by Gasteiger charge is -2.14. The Morgan fingerprint density at radius 3 is 2.81 bits per heavy atom. The van der Waals surface area contributed by atoms with Gasteiger partial charge in [-0.05, 0) is 31.0 Å². The Kier molecular flexibility index (Phi) is 5.25. The first kappa shape index (κ1) is 13.0. The van der Waals surface area contributed by atoms with Crippen LogP contribution in [0.15, 0.2) is 18.2 Å². The van der Waals surface area contributed by atoms with Crippen LogP contribution in [0, 0.1) is 13.8 Å². The summed E-state index contributed by atoms with van der Waals surface area (Å²) in [6.45, 7) is 4.59. The Morgan fingerprint density at radius 1 is 1.38 bits per heavy atom. The van der Waals surface area contributed by atoms with E-state index in [2.05, 4.69) is 10.3 Å². The van der Waals surface area contributed by atoms with Gasteiger partial charge in [0.2, 0.25) is 0 Å². The zero-order valence-corrected chi connectivity index (χ0v) is 9.99. The van der Waals surface area contributed by atoms with Crippen molar-refractivity contribution in [3.8, 4) is 5.75 Å². The second kappa shape index (κ2) is 6.48. The standard InChI is InChI=1S/C12H19NO3/c1-9-4-5-10(2)12(6-9)16-8-11(14)7-13-15-3/h4-6,11,13-14H,7-8H2,1-3H3. The van der Waals surface area contributed by atoms with Crippen molar-refractivity contribution >= 4 is 0 Å². The number of rotatable bonds is 6. The van der Waals surface area contributed by atoms with Gasteiger partial charge in [-0.2, -0.15) is 0 Å². The molecule has 0 bridgehead atoms. The number of hydrogen-bond acceptors (Lipinski definition) is 4. The quantitative estimate of drug-likeness (QED) is 0.714. The smallest absolute Gasteiger partial charge is 0.122 e. The molecule has 0 saturated carbocycles. The fourth-order valence-corrected chi connectivity index (χ4v) is 1.29. The number of hydrogen-bond donors (Lipinski definition) is 2. The molecule has 0 heterocycles. The first-order valence-corrected chi connectivity index (χ1v) is 5.27. The molecule has 0 radical (unpaired) electrons. The van der Waals surface area contributed by atoms with Gasteiger partial charge in [-0.15, -0.1) is 0 Å². The van der Waals surface area contributed by atoms with Crippen LogP contribution in [0.4, 0.5) is 0 Å². The number of aliphatic hydroxyl groups is 1. The maximum absolute atomic E-state index is 9.53. The minimum absolute atomic E-state index is 0.251. The van der Waals surface area contributed by atoms with E-state index in [0.29, 0.717) is 6.54 Å². The maximum atomic E-state index is 9.53. The number of ether oxygens (including phenoxy) is 1. The second-order valence-electron chi connectivity index (χ2n) is 3.79. The number of hydroxylamine groups is 1. The summed E-state index contributed by atoms with van der Waals surface area (Å²) in [5.41, 5.74) is 4.79. The molecular formula is C12H19NO3. The van der Waals surface area contributed by atoms with E-state index in [-0.39, 0.29) is 6.61 Å². The SMILES string of the molecule is CONCC(O)COc1cc(C)ccc1C. The van der Waals surface area contributed by atoms with Crippen molar-refractivity contribution in [2.75, 3.05) is 20.3 Å². The van der Waals surface area contributed by atoms with E-state index in [1.54, 1.807) is 0 Å².